The molecule has 0 aliphatic carbocycles. The zero-order valence-electron chi connectivity index (χ0n) is 9.04. The molecule has 0 heterocycles. The molecule has 1 unspecified atom stereocenters. The number of rotatable bonds is 4. The Bertz CT molecular complexity index is 485. The van der Waals surface area contributed by atoms with E-state index in [4.69, 9.17) is 18.0 Å². The maximum atomic E-state index is 13.1. The highest BCUT2D eigenvalue weighted by atomic mass is 35.5. The molecule has 1 aromatic rings. The normalized spacial score (nSPS) is 11.6. The van der Waals surface area contributed by atoms with Crippen molar-refractivity contribution in [2.24, 2.45) is 0 Å². The molecule has 0 spiro atoms. The van der Waals surface area contributed by atoms with Gasteiger partial charge in [0.1, 0.15) is 11.5 Å². The Kier molecular flexibility index (Phi) is 4.30. The van der Waals surface area contributed by atoms with Crippen LogP contribution < -0.4 is 5.32 Å². The van der Waals surface area contributed by atoms with E-state index in [-0.39, 0.29) is 22.4 Å². The van der Waals surface area contributed by atoms with E-state index >= 15 is 0 Å². The number of terminal acetylenes is 1. The van der Waals surface area contributed by atoms with Crippen LogP contribution in [0.2, 0.25) is 5.02 Å². The van der Waals surface area contributed by atoms with Gasteiger partial charge in [-0.05, 0) is 13.0 Å². The van der Waals surface area contributed by atoms with Gasteiger partial charge in [0.15, 0.2) is 0 Å². The maximum absolute atomic E-state index is 13.1. The van der Waals surface area contributed by atoms with Crippen LogP contribution in [0.4, 0.5) is 15.8 Å². The predicted molar refractivity (Wildman–Crippen MR) is 64.6 cm³/mol. The number of nitro groups is 1. The maximum Gasteiger partial charge on any atom is 0.295 e. The fraction of sp³-hybridized carbons (Fsp3) is 0.273. The number of nitrogens with one attached hydrogen (secondary N) is 1. The van der Waals surface area contributed by atoms with E-state index in [1.807, 2.05) is 0 Å². The first kappa shape index (κ1) is 13.3. The van der Waals surface area contributed by atoms with Gasteiger partial charge < -0.3 is 5.32 Å². The molecule has 1 atom stereocenters. The molecule has 0 fully saturated rings. The first-order valence-corrected chi connectivity index (χ1v) is 5.17. The van der Waals surface area contributed by atoms with Crippen LogP contribution in [-0.4, -0.2) is 11.0 Å². The molecule has 0 aliphatic heterocycles. The standard InChI is InChI=1S/C11H10ClFN2O2/c1-3-4-7(2)14-10-5-8(12)9(13)6-11(10)15(16)17/h1,5-7,14H,4H2,2H3. The Morgan fingerprint density at radius 3 is 2.88 bits per heavy atom. The van der Waals surface area contributed by atoms with Gasteiger partial charge in [-0.1, -0.05) is 11.6 Å². The van der Waals surface area contributed by atoms with Gasteiger partial charge in [-0.3, -0.25) is 10.1 Å². The van der Waals surface area contributed by atoms with Crippen LogP contribution in [0.15, 0.2) is 12.1 Å². The lowest BCUT2D eigenvalue weighted by molar-refractivity contribution is -0.384. The minimum Gasteiger partial charge on any atom is -0.376 e. The number of nitrogens with zero attached hydrogens (tertiary/aromatic N) is 1. The average Bonchev–Trinajstić information content (AvgIpc) is 2.23. The minimum absolute atomic E-state index is 0.157. The Morgan fingerprint density at radius 2 is 2.35 bits per heavy atom. The summed E-state index contributed by atoms with van der Waals surface area (Å²) >= 11 is 5.57. The van der Waals surface area contributed by atoms with E-state index in [2.05, 4.69) is 11.2 Å². The summed E-state index contributed by atoms with van der Waals surface area (Å²) in [7, 11) is 0. The smallest absolute Gasteiger partial charge is 0.295 e. The van der Waals surface area contributed by atoms with Gasteiger partial charge in [0.25, 0.3) is 5.69 Å². The highest BCUT2D eigenvalue weighted by Gasteiger charge is 2.18. The van der Waals surface area contributed by atoms with Crippen molar-refractivity contribution in [3.63, 3.8) is 0 Å². The summed E-state index contributed by atoms with van der Waals surface area (Å²) in [6.45, 7) is 1.76. The molecule has 0 radical (unpaired) electrons. The van der Waals surface area contributed by atoms with Gasteiger partial charge in [0.05, 0.1) is 16.0 Å². The molecule has 0 saturated carbocycles. The average molecular weight is 257 g/mol. The van der Waals surface area contributed by atoms with Crippen molar-refractivity contribution in [3.05, 3.63) is 33.1 Å². The summed E-state index contributed by atoms with van der Waals surface area (Å²) in [6, 6.07) is 1.80. The molecule has 1 N–H and O–H groups in total. The van der Waals surface area contributed by atoms with Crippen molar-refractivity contribution in [3.8, 4) is 12.3 Å². The Labute approximate surface area is 103 Å². The third-order valence-corrected chi connectivity index (χ3v) is 2.35. The summed E-state index contributed by atoms with van der Waals surface area (Å²) in [6.07, 6.45) is 5.52. The Hall–Kier alpha value is -1.80. The molecule has 0 bridgehead atoms. The molecule has 4 nitrogen and oxygen atoms in total. The van der Waals surface area contributed by atoms with Gasteiger partial charge >= 0.3 is 0 Å². The van der Waals surface area contributed by atoms with E-state index < -0.39 is 10.7 Å². The minimum atomic E-state index is -0.825. The zero-order chi connectivity index (χ0) is 13.0. The number of hydrogen-bond donors (Lipinski definition) is 1. The lowest BCUT2D eigenvalue weighted by atomic mass is 10.2. The van der Waals surface area contributed by atoms with Crippen LogP contribution in [0.25, 0.3) is 0 Å². The molecule has 1 rings (SSSR count). The van der Waals surface area contributed by atoms with Crippen LogP contribution in [0, 0.1) is 28.3 Å². The third kappa shape index (κ3) is 3.33. The van der Waals surface area contributed by atoms with E-state index in [1.165, 1.54) is 6.07 Å². The van der Waals surface area contributed by atoms with Crippen LogP contribution in [-0.2, 0) is 0 Å². The molecule has 0 amide bonds. The fourth-order valence-electron chi connectivity index (χ4n) is 1.30. The van der Waals surface area contributed by atoms with Crippen molar-refractivity contribution < 1.29 is 9.31 Å². The Morgan fingerprint density at radius 1 is 1.71 bits per heavy atom. The number of nitro benzene ring substituents is 1. The van der Waals surface area contributed by atoms with Crippen molar-refractivity contribution in [2.75, 3.05) is 5.32 Å². The quantitative estimate of drug-likeness (QED) is 0.511. The molecule has 0 saturated heterocycles. The second-order valence-electron chi connectivity index (χ2n) is 3.49. The summed E-state index contributed by atoms with van der Waals surface area (Å²) in [5, 5.41) is 13.4. The van der Waals surface area contributed by atoms with E-state index in [9.17, 15) is 14.5 Å². The SMILES string of the molecule is C#CCC(C)Nc1cc(Cl)c(F)cc1[N+](=O)[O-]. The van der Waals surface area contributed by atoms with Gasteiger partial charge in [-0.15, -0.1) is 12.3 Å². The lowest BCUT2D eigenvalue weighted by Gasteiger charge is -2.13. The van der Waals surface area contributed by atoms with E-state index in [1.54, 1.807) is 6.92 Å². The zero-order valence-corrected chi connectivity index (χ0v) is 9.79. The summed E-state index contributed by atoms with van der Waals surface area (Å²) in [5.41, 5.74) is -0.208. The second-order valence-corrected chi connectivity index (χ2v) is 3.90. The molecule has 1 aromatic carbocycles. The van der Waals surface area contributed by atoms with Crippen LogP contribution in [0.3, 0.4) is 0 Å². The monoisotopic (exact) mass is 256 g/mol. The van der Waals surface area contributed by atoms with Crippen molar-refractivity contribution >= 4 is 23.0 Å². The van der Waals surface area contributed by atoms with E-state index in [0.717, 1.165) is 6.07 Å². The van der Waals surface area contributed by atoms with Crippen LogP contribution in [0.5, 0.6) is 0 Å². The van der Waals surface area contributed by atoms with E-state index in [0.29, 0.717) is 6.42 Å². The summed E-state index contributed by atoms with van der Waals surface area (Å²) < 4.78 is 13.1. The highest BCUT2D eigenvalue weighted by molar-refractivity contribution is 6.31. The number of halogens is 2. The molecule has 17 heavy (non-hydrogen) atoms. The van der Waals surface area contributed by atoms with Crippen LogP contribution >= 0.6 is 11.6 Å². The van der Waals surface area contributed by atoms with Crippen molar-refractivity contribution in [2.45, 2.75) is 19.4 Å². The van der Waals surface area contributed by atoms with Gasteiger partial charge in [-0.2, -0.15) is 0 Å². The first-order valence-electron chi connectivity index (χ1n) is 4.79. The molecule has 0 aliphatic rings. The predicted octanol–water partition coefficient (Wildman–Crippen LogP) is 3.21. The molecular formula is C11H10ClFN2O2. The highest BCUT2D eigenvalue weighted by Crippen LogP contribution is 2.30. The topological polar surface area (TPSA) is 55.2 Å². The molecule has 0 aromatic heterocycles. The molecule has 6 heteroatoms. The third-order valence-electron chi connectivity index (χ3n) is 2.06. The first-order chi connectivity index (χ1) is 7.95. The lowest BCUT2D eigenvalue weighted by Crippen LogP contribution is -2.15. The second kappa shape index (κ2) is 5.51. The van der Waals surface area contributed by atoms with Gasteiger partial charge in [0.2, 0.25) is 0 Å². The van der Waals surface area contributed by atoms with Crippen molar-refractivity contribution in [1.29, 1.82) is 0 Å². The fourth-order valence-corrected chi connectivity index (χ4v) is 1.46. The summed E-state index contributed by atoms with van der Waals surface area (Å²) in [5.74, 6) is 1.60. The number of hydrogen-bond acceptors (Lipinski definition) is 3. The number of benzene rings is 1. The molecule has 90 valence electrons. The summed E-state index contributed by atoms with van der Waals surface area (Å²) in [4.78, 5) is 10.1. The van der Waals surface area contributed by atoms with Crippen molar-refractivity contribution in [1.82, 2.24) is 0 Å². The number of anilines is 1. The van der Waals surface area contributed by atoms with Crippen LogP contribution in [0.1, 0.15) is 13.3 Å². The molecular weight excluding hydrogens is 247 g/mol. The van der Waals surface area contributed by atoms with Gasteiger partial charge in [0, 0.05) is 12.5 Å². The largest absolute Gasteiger partial charge is 0.376 e. The Balaban J connectivity index is 3.09. The van der Waals surface area contributed by atoms with Gasteiger partial charge in [-0.25, -0.2) is 4.39 Å².